The molecule has 118 valence electrons. The van der Waals surface area contributed by atoms with Crippen LogP contribution in [0.2, 0.25) is 0 Å². The molecule has 1 nitrogen and oxygen atoms in total. The van der Waals surface area contributed by atoms with Crippen molar-refractivity contribution in [2.24, 2.45) is 0 Å². The minimum atomic E-state index is 0.593. The van der Waals surface area contributed by atoms with Gasteiger partial charge in [0.15, 0.2) is 0 Å². The van der Waals surface area contributed by atoms with Gasteiger partial charge in [-0.25, -0.2) is 0 Å². The van der Waals surface area contributed by atoms with Gasteiger partial charge in [-0.3, -0.25) is 0 Å². The van der Waals surface area contributed by atoms with Crippen LogP contribution >= 0.6 is 0 Å². The molecule has 0 rings (SSSR count). The van der Waals surface area contributed by atoms with Crippen molar-refractivity contribution >= 4 is 0 Å². The Kier molecular flexibility index (Phi) is 14.4. The molecular weight excluding hydrogens is 242 g/mol. The number of unbranched alkanes of at least 4 members (excludes halogenated alkanes) is 6. The van der Waals surface area contributed by atoms with Crippen molar-refractivity contribution in [2.45, 2.75) is 90.5 Å². The molecule has 0 fully saturated rings. The first-order valence-electron chi connectivity index (χ1n) is 8.75. The van der Waals surface area contributed by atoms with Crippen LogP contribution in [-0.4, -0.2) is 12.6 Å². The topological polar surface area (TPSA) is 12.0 Å². The van der Waals surface area contributed by atoms with Gasteiger partial charge < -0.3 is 5.32 Å². The van der Waals surface area contributed by atoms with E-state index in [4.69, 9.17) is 0 Å². The molecular formula is C19H37N. The molecule has 0 bridgehead atoms. The summed E-state index contributed by atoms with van der Waals surface area (Å²) in [5.74, 6) is 0. The van der Waals surface area contributed by atoms with Gasteiger partial charge in [0.2, 0.25) is 0 Å². The first kappa shape index (κ1) is 19.4. The van der Waals surface area contributed by atoms with Crippen LogP contribution in [0.3, 0.4) is 0 Å². The zero-order chi connectivity index (χ0) is 15.1. The van der Waals surface area contributed by atoms with E-state index in [9.17, 15) is 0 Å². The van der Waals surface area contributed by atoms with Crippen molar-refractivity contribution in [1.29, 1.82) is 0 Å². The lowest BCUT2D eigenvalue weighted by Crippen LogP contribution is -2.29. The number of rotatable bonds is 15. The molecule has 0 spiro atoms. The number of nitrogens with one attached hydrogen (secondary N) is 1. The van der Waals surface area contributed by atoms with E-state index in [-0.39, 0.29) is 0 Å². The molecule has 20 heavy (non-hydrogen) atoms. The Balaban J connectivity index is 3.54. The molecule has 0 aliphatic carbocycles. The summed E-state index contributed by atoms with van der Waals surface area (Å²) < 4.78 is 0. The summed E-state index contributed by atoms with van der Waals surface area (Å²) in [4.78, 5) is 0. The van der Waals surface area contributed by atoms with Crippen LogP contribution in [0.5, 0.6) is 0 Å². The minimum absolute atomic E-state index is 0.593. The first-order chi connectivity index (χ1) is 9.74. The van der Waals surface area contributed by atoms with Crippen molar-refractivity contribution < 1.29 is 0 Å². The molecule has 0 aromatic heterocycles. The average Bonchev–Trinajstić information content (AvgIpc) is 2.46. The molecule has 0 radical (unpaired) electrons. The molecule has 0 heterocycles. The van der Waals surface area contributed by atoms with Gasteiger partial charge in [-0.1, -0.05) is 70.6 Å². The van der Waals surface area contributed by atoms with Crippen LogP contribution < -0.4 is 5.32 Å². The summed E-state index contributed by atoms with van der Waals surface area (Å²) in [5.41, 5.74) is 1.37. The lowest BCUT2D eigenvalue weighted by molar-refractivity contribution is 0.465. The molecule has 1 unspecified atom stereocenters. The van der Waals surface area contributed by atoms with E-state index in [0.717, 1.165) is 25.8 Å². The summed E-state index contributed by atoms with van der Waals surface area (Å²) in [6.07, 6.45) is 16.3. The zero-order valence-electron chi connectivity index (χ0n) is 14.1. The first-order valence-corrected chi connectivity index (χ1v) is 8.75. The second-order valence-electron chi connectivity index (χ2n) is 5.94. The number of hydrogen-bond acceptors (Lipinski definition) is 1. The molecule has 1 N–H and O–H groups in total. The highest BCUT2D eigenvalue weighted by molar-refractivity contribution is 4.94. The number of hydrogen-bond donors (Lipinski definition) is 1. The highest BCUT2D eigenvalue weighted by Gasteiger charge is 2.06. The predicted molar refractivity (Wildman–Crippen MR) is 93.3 cm³/mol. The van der Waals surface area contributed by atoms with Gasteiger partial charge in [0.05, 0.1) is 0 Å². The molecule has 0 aliphatic heterocycles. The van der Waals surface area contributed by atoms with E-state index in [1.807, 2.05) is 6.08 Å². The van der Waals surface area contributed by atoms with Crippen LogP contribution in [0.15, 0.2) is 24.8 Å². The Bertz CT molecular complexity index is 232. The molecule has 0 aliphatic rings. The van der Waals surface area contributed by atoms with Gasteiger partial charge in [-0.05, 0) is 38.6 Å². The van der Waals surface area contributed by atoms with E-state index >= 15 is 0 Å². The van der Waals surface area contributed by atoms with Crippen molar-refractivity contribution in [3.8, 4) is 0 Å². The molecule has 0 aromatic rings. The summed E-state index contributed by atoms with van der Waals surface area (Å²) in [6, 6.07) is 0.593. The molecule has 1 heteroatoms. The second kappa shape index (κ2) is 14.8. The third-order valence-electron chi connectivity index (χ3n) is 4.01. The molecule has 0 amide bonds. The van der Waals surface area contributed by atoms with Crippen molar-refractivity contribution in [3.63, 3.8) is 0 Å². The lowest BCUT2D eigenvalue weighted by Gasteiger charge is -2.17. The van der Waals surface area contributed by atoms with Gasteiger partial charge in [0.1, 0.15) is 0 Å². The Hall–Kier alpha value is -0.560. The average molecular weight is 280 g/mol. The number of allylic oxidation sites excluding steroid dienone is 1. The van der Waals surface area contributed by atoms with Crippen LogP contribution in [-0.2, 0) is 0 Å². The predicted octanol–water partition coefficient (Wildman–Crippen LogP) is 6.02. The standard InChI is InChI=1S/C19H37N/c1-5-8-9-10-11-12-13-17-20-19(14-6-2)16-15-18(4)7-3/h6,19-20H,2,4-5,7-17H2,1,3H3. The summed E-state index contributed by atoms with van der Waals surface area (Å²) in [6.45, 7) is 13.6. The quantitative estimate of drug-likeness (QED) is 0.285. The van der Waals surface area contributed by atoms with Gasteiger partial charge in [-0.15, -0.1) is 6.58 Å². The van der Waals surface area contributed by atoms with Gasteiger partial charge >= 0.3 is 0 Å². The fourth-order valence-corrected chi connectivity index (χ4v) is 2.45. The fraction of sp³-hybridized carbons (Fsp3) is 0.789. The Labute approximate surface area is 127 Å². The molecule has 0 saturated heterocycles. The monoisotopic (exact) mass is 279 g/mol. The van der Waals surface area contributed by atoms with E-state index in [2.05, 4.69) is 32.3 Å². The highest BCUT2D eigenvalue weighted by atomic mass is 14.9. The second-order valence-corrected chi connectivity index (χ2v) is 5.94. The Morgan fingerprint density at radius 1 is 1.05 bits per heavy atom. The molecule has 0 aromatic carbocycles. The Morgan fingerprint density at radius 3 is 2.30 bits per heavy atom. The third kappa shape index (κ3) is 12.5. The fourth-order valence-electron chi connectivity index (χ4n) is 2.45. The van der Waals surface area contributed by atoms with Gasteiger partial charge in [-0.2, -0.15) is 0 Å². The highest BCUT2D eigenvalue weighted by Crippen LogP contribution is 2.12. The SMILES string of the molecule is C=CCC(CCC(=C)CC)NCCCCCCCCC. The van der Waals surface area contributed by atoms with E-state index in [1.54, 1.807) is 0 Å². The summed E-state index contributed by atoms with van der Waals surface area (Å²) in [7, 11) is 0. The maximum Gasteiger partial charge on any atom is 0.0104 e. The van der Waals surface area contributed by atoms with E-state index < -0.39 is 0 Å². The normalized spacial score (nSPS) is 12.3. The van der Waals surface area contributed by atoms with Crippen LogP contribution in [0, 0.1) is 0 Å². The smallest absolute Gasteiger partial charge is 0.0104 e. The van der Waals surface area contributed by atoms with Gasteiger partial charge in [0.25, 0.3) is 0 Å². The van der Waals surface area contributed by atoms with E-state index in [0.29, 0.717) is 6.04 Å². The maximum absolute atomic E-state index is 4.10. The summed E-state index contributed by atoms with van der Waals surface area (Å²) >= 11 is 0. The van der Waals surface area contributed by atoms with Crippen molar-refractivity contribution in [1.82, 2.24) is 5.32 Å². The minimum Gasteiger partial charge on any atom is -0.314 e. The van der Waals surface area contributed by atoms with Crippen LogP contribution in [0.4, 0.5) is 0 Å². The van der Waals surface area contributed by atoms with Crippen molar-refractivity contribution in [3.05, 3.63) is 24.8 Å². The van der Waals surface area contributed by atoms with Crippen LogP contribution in [0.25, 0.3) is 0 Å². The van der Waals surface area contributed by atoms with Gasteiger partial charge in [0, 0.05) is 6.04 Å². The van der Waals surface area contributed by atoms with Crippen molar-refractivity contribution in [2.75, 3.05) is 6.54 Å². The third-order valence-corrected chi connectivity index (χ3v) is 4.01. The lowest BCUT2D eigenvalue weighted by atomic mass is 10.0. The molecule has 0 saturated carbocycles. The Morgan fingerprint density at radius 2 is 1.70 bits per heavy atom. The largest absolute Gasteiger partial charge is 0.314 e. The summed E-state index contributed by atoms with van der Waals surface area (Å²) in [5, 5.41) is 3.69. The van der Waals surface area contributed by atoms with E-state index in [1.165, 1.54) is 56.9 Å². The van der Waals surface area contributed by atoms with Crippen LogP contribution in [0.1, 0.15) is 84.5 Å². The maximum atomic E-state index is 4.10. The zero-order valence-corrected chi connectivity index (χ0v) is 14.1. The molecule has 1 atom stereocenters.